The van der Waals surface area contributed by atoms with Gasteiger partial charge in [0.1, 0.15) is 5.58 Å². The first kappa shape index (κ1) is 20.4. The third-order valence-electron chi connectivity index (χ3n) is 6.37. The molecule has 0 radical (unpaired) electrons. The number of anilines is 1. The fraction of sp³-hybridized carbons (Fsp3) is 0.308. The molecular weight excluding hydrogens is 406 g/mol. The molecule has 2 aromatic carbocycles. The standard InChI is InChI=1S/C26H25NO5/c1-26(2)12-16-21(17(28)13-26)20(15-9-7-11-19(30-3)24(15)31-4)22-23(27-16)14-8-5-6-10-18(14)32-25(22)29/h5-11,20,27H,12-13H2,1-4H3. The van der Waals surface area contributed by atoms with Crippen molar-refractivity contribution in [3.8, 4) is 11.5 Å². The normalized spacial score (nSPS) is 19.2. The van der Waals surface area contributed by atoms with Crippen molar-refractivity contribution in [1.82, 2.24) is 0 Å². The molecule has 1 atom stereocenters. The van der Waals surface area contributed by atoms with Crippen molar-refractivity contribution < 1.29 is 18.7 Å². The van der Waals surface area contributed by atoms with E-state index in [1.807, 2.05) is 30.3 Å². The lowest BCUT2D eigenvalue weighted by molar-refractivity contribution is -0.118. The molecule has 1 N–H and O–H groups in total. The number of nitrogens with one attached hydrogen (secondary N) is 1. The third-order valence-corrected chi connectivity index (χ3v) is 6.37. The van der Waals surface area contributed by atoms with Gasteiger partial charge < -0.3 is 19.2 Å². The first-order valence-corrected chi connectivity index (χ1v) is 10.6. The fourth-order valence-electron chi connectivity index (χ4n) is 5.09. The second-order valence-corrected chi connectivity index (χ2v) is 9.15. The Labute approximate surface area is 185 Å². The SMILES string of the molecule is COc1cccc(C2C3=C(CC(C)(C)CC3=O)Nc3c2c(=O)oc2ccccc32)c1OC. The molecule has 2 aliphatic rings. The molecule has 1 aromatic heterocycles. The molecule has 6 nitrogen and oxygen atoms in total. The van der Waals surface area contributed by atoms with Crippen molar-refractivity contribution in [2.75, 3.05) is 19.5 Å². The number of carbonyl (C=O) groups excluding carboxylic acids is 1. The molecule has 0 saturated carbocycles. The van der Waals surface area contributed by atoms with Gasteiger partial charge in [-0.1, -0.05) is 38.1 Å². The minimum Gasteiger partial charge on any atom is -0.493 e. The Kier molecular flexibility index (Phi) is 4.62. The van der Waals surface area contributed by atoms with Crippen LogP contribution in [0.5, 0.6) is 11.5 Å². The van der Waals surface area contributed by atoms with E-state index in [4.69, 9.17) is 13.9 Å². The number of para-hydroxylation sites is 2. The number of fused-ring (bicyclic) bond motifs is 3. The van der Waals surface area contributed by atoms with Gasteiger partial charge in [-0.05, 0) is 30.0 Å². The van der Waals surface area contributed by atoms with Gasteiger partial charge in [0.25, 0.3) is 0 Å². The molecule has 0 saturated heterocycles. The van der Waals surface area contributed by atoms with Crippen molar-refractivity contribution in [2.24, 2.45) is 5.41 Å². The second kappa shape index (κ2) is 7.26. The predicted molar refractivity (Wildman–Crippen MR) is 123 cm³/mol. The van der Waals surface area contributed by atoms with Gasteiger partial charge in [-0.2, -0.15) is 0 Å². The Morgan fingerprint density at radius 2 is 1.78 bits per heavy atom. The highest BCUT2D eigenvalue weighted by atomic mass is 16.5. The van der Waals surface area contributed by atoms with E-state index in [9.17, 15) is 9.59 Å². The van der Waals surface area contributed by atoms with E-state index in [-0.39, 0.29) is 11.2 Å². The molecule has 0 bridgehead atoms. The predicted octanol–water partition coefficient (Wildman–Crippen LogP) is 5.01. The Balaban J connectivity index is 1.88. The summed E-state index contributed by atoms with van der Waals surface area (Å²) in [5, 5.41) is 4.26. The van der Waals surface area contributed by atoms with Crippen LogP contribution >= 0.6 is 0 Å². The third kappa shape index (κ3) is 3.01. The van der Waals surface area contributed by atoms with Gasteiger partial charge in [0.05, 0.1) is 31.4 Å². The number of benzene rings is 2. The minimum absolute atomic E-state index is 0.0248. The van der Waals surface area contributed by atoms with Crippen LogP contribution in [0.4, 0.5) is 5.69 Å². The number of ketones is 1. The van der Waals surface area contributed by atoms with Crippen LogP contribution in [-0.4, -0.2) is 20.0 Å². The number of methoxy groups -OCH3 is 2. The zero-order valence-corrected chi connectivity index (χ0v) is 18.6. The van der Waals surface area contributed by atoms with Gasteiger partial charge >= 0.3 is 5.63 Å². The second-order valence-electron chi connectivity index (χ2n) is 9.15. The highest BCUT2D eigenvalue weighted by molar-refractivity contribution is 6.04. The van der Waals surface area contributed by atoms with Crippen molar-refractivity contribution in [1.29, 1.82) is 0 Å². The molecule has 1 unspecified atom stereocenters. The van der Waals surface area contributed by atoms with E-state index in [1.54, 1.807) is 26.4 Å². The van der Waals surface area contributed by atoms with E-state index in [0.29, 0.717) is 52.3 Å². The summed E-state index contributed by atoms with van der Waals surface area (Å²) in [6, 6.07) is 13.0. The van der Waals surface area contributed by atoms with E-state index in [2.05, 4.69) is 19.2 Å². The summed E-state index contributed by atoms with van der Waals surface area (Å²) < 4.78 is 16.9. The van der Waals surface area contributed by atoms with Gasteiger partial charge in [-0.15, -0.1) is 0 Å². The summed E-state index contributed by atoms with van der Waals surface area (Å²) >= 11 is 0. The number of hydrogen-bond donors (Lipinski definition) is 1. The molecular formula is C26H25NO5. The highest BCUT2D eigenvalue weighted by Crippen LogP contribution is 2.52. The Hall–Kier alpha value is -3.54. The molecule has 2 heterocycles. The molecule has 0 fully saturated rings. The van der Waals surface area contributed by atoms with E-state index >= 15 is 0 Å². The van der Waals surface area contributed by atoms with Crippen LogP contribution in [0.15, 0.2) is 62.9 Å². The van der Waals surface area contributed by atoms with Crippen molar-refractivity contribution >= 4 is 22.4 Å². The van der Waals surface area contributed by atoms with E-state index < -0.39 is 11.5 Å². The maximum absolute atomic E-state index is 13.5. The number of hydrogen-bond acceptors (Lipinski definition) is 6. The lowest BCUT2D eigenvalue weighted by Crippen LogP contribution is -2.36. The van der Waals surface area contributed by atoms with Gasteiger partial charge in [-0.25, -0.2) is 4.79 Å². The average molecular weight is 431 g/mol. The van der Waals surface area contributed by atoms with Crippen LogP contribution in [0.1, 0.15) is 43.7 Å². The quantitative estimate of drug-likeness (QED) is 0.588. The maximum atomic E-state index is 13.5. The van der Waals surface area contributed by atoms with Crippen LogP contribution < -0.4 is 20.4 Å². The monoisotopic (exact) mass is 431 g/mol. The van der Waals surface area contributed by atoms with Gasteiger partial charge in [0, 0.05) is 28.6 Å². The topological polar surface area (TPSA) is 77.8 Å². The largest absolute Gasteiger partial charge is 0.493 e. The molecule has 164 valence electrons. The zero-order chi connectivity index (χ0) is 22.6. The first-order valence-electron chi connectivity index (χ1n) is 10.6. The highest BCUT2D eigenvalue weighted by Gasteiger charge is 2.43. The van der Waals surface area contributed by atoms with Crippen molar-refractivity contribution in [3.05, 3.63) is 75.3 Å². The molecule has 3 aromatic rings. The van der Waals surface area contributed by atoms with Gasteiger partial charge in [-0.3, -0.25) is 4.79 Å². The molecule has 1 aliphatic heterocycles. The molecule has 0 spiro atoms. The summed E-state index contributed by atoms with van der Waals surface area (Å²) in [6.45, 7) is 4.18. The Bertz CT molecular complexity index is 1350. The molecule has 6 heteroatoms. The number of carbonyl (C=O) groups is 1. The van der Waals surface area contributed by atoms with Crippen molar-refractivity contribution in [3.63, 3.8) is 0 Å². The summed E-state index contributed by atoms with van der Waals surface area (Å²) in [6.07, 6.45) is 1.11. The Morgan fingerprint density at radius 1 is 1.00 bits per heavy atom. The lowest BCUT2D eigenvalue weighted by atomic mass is 9.68. The number of ether oxygens (including phenoxy) is 2. The van der Waals surface area contributed by atoms with Crippen molar-refractivity contribution in [2.45, 2.75) is 32.6 Å². The smallest absolute Gasteiger partial charge is 0.342 e. The summed E-state index contributed by atoms with van der Waals surface area (Å²) in [4.78, 5) is 26.8. The summed E-state index contributed by atoms with van der Waals surface area (Å²) in [5.41, 5.74) is 3.13. The van der Waals surface area contributed by atoms with Gasteiger partial charge in [0.2, 0.25) is 0 Å². The van der Waals surface area contributed by atoms with E-state index in [0.717, 1.165) is 11.1 Å². The number of allylic oxidation sites excluding steroid dienone is 2. The van der Waals surface area contributed by atoms with Crippen LogP contribution in [-0.2, 0) is 4.79 Å². The van der Waals surface area contributed by atoms with Crippen LogP contribution in [0.25, 0.3) is 11.0 Å². The first-order chi connectivity index (χ1) is 15.3. The number of rotatable bonds is 3. The maximum Gasteiger partial charge on any atom is 0.342 e. The fourth-order valence-corrected chi connectivity index (χ4v) is 5.09. The summed E-state index contributed by atoms with van der Waals surface area (Å²) in [5.74, 6) is 0.457. The summed E-state index contributed by atoms with van der Waals surface area (Å²) in [7, 11) is 3.13. The Morgan fingerprint density at radius 3 is 2.53 bits per heavy atom. The van der Waals surface area contributed by atoms with Gasteiger partial charge in [0.15, 0.2) is 17.3 Å². The lowest BCUT2D eigenvalue weighted by Gasteiger charge is -2.39. The zero-order valence-electron chi connectivity index (χ0n) is 18.6. The molecule has 1 aliphatic carbocycles. The molecule has 5 rings (SSSR count). The number of Topliss-reactive ketones (excluding diaryl/α,β-unsaturated/α-hetero) is 1. The van der Waals surface area contributed by atoms with Crippen LogP contribution in [0, 0.1) is 5.41 Å². The minimum atomic E-state index is -0.615. The molecule has 32 heavy (non-hydrogen) atoms. The molecule has 0 amide bonds. The van der Waals surface area contributed by atoms with E-state index in [1.165, 1.54) is 0 Å². The average Bonchev–Trinajstić information content (AvgIpc) is 2.76. The van der Waals surface area contributed by atoms with Crippen LogP contribution in [0.2, 0.25) is 0 Å². The van der Waals surface area contributed by atoms with Crippen LogP contribution in [0.3, 0.4) is 0 Å².